The van der Waals surface area contributed by atoms with Gasteiger partial charge in [-0.1, -0.05) is 11.6 Å². The number of alkyl halides is 3. The van der Waals surface area contributed by atoms with Crippen molar-refractivity contribution in [2.24, 2.45) is 5.73 Å². The fourth-order valence-electron chi connectivity index (χ4n) is 4.98. The summed E-state index contributed by atoms with van der Waals surface area (Å²) in [6.07, 6.45) is -0.848. The lowest BCUT2D eigenvalue weighted by Gasteiger charge is -2.33. The van der Waals surface area contributed by atoms with E-state index in [2.05, 4.69) is 26.2 Å². The van der Waals surface area contributed by atoms with E-state index in [1.165, 1.54) is 18.2 Å². The Morgan fingerprint density at radius 2 is 1.82 bits per heavy atom. The Morgan fingerprint density at radius 1 is 1.12 bits per heavy atom. The van der Waals surface area contributed by atoms with E-state index < -0.39 is 17.6 Å². The summed E-state index contributed by atoms with van der Waals surface area (Å²) in [6.45, 7) is 2.65. The van der Waals surface area contributed by atoms with Gasteiger partial charge in [0.05, 0.1) is 11.3 Å². The van der Waals surface area contributed by atoms with Crippen LogP contribution in [0.15, 0.2) is 65.8 Å². The van der Waals surface area contributed by atoms with Gasteiger partial charge in [0.25, 0.3) is 5.91 Å². The van der Waals surface area contributed by atoms with Crippen LogP contribution in [-0.2, 0) is 17.5 Å². The number of nitrogens with one attached hydrogen (secondary N) is 4. The Labute approximate surface area is 237 Å². The average molecular weight is 578 g/mol. The topological polar surface area (TPSA) is 97.7 Å². The molecule has 2 aliphatic rings. The number of carbonyl (C=O) groups excluding carboxylic acids is 1. The highest BCUT2D eigenvalue weighted by molar-refractivity contribution is 6.30. The van der Waals surface area contributed by atoms with Crippen molar-refractivity contribution in [1.82, 2.24) is 20.9 Å². The van der Waals surface area contributed by atoms with E-state index in [0.29, 0.717) is 30.5 Å². The number of hydrogen-bond donors (Lipinski definition) is 5. The van der Waals surface area contributed by atoms with Gasteiger partial charge in [-0.05, 0) is 74.0 Å². The molecule has 1 fully saturated rings. The summed E-state index contributed by atoms with van der Waals surface area (Å²) in [5, 5.41) is 12.3. The summed E-state index contributed by atoms with van der Waals surface area (Å²) in [7, 11) is 3.58. The number of piperidine rings is 1. The average Bonchev–Trinajstić information content (AvgIpc) is 2.92. The van der Waals surface area contributed by atoms with Crippen molar-refractivity contribution in [3.05, 3.63) is 81.9 Å². The van der Waals surface area contributed by atoms with Crippen molar-refractivity contribution in [3.8, 4) is 0 Å². The van der Waals surface area contributed by atoms with Crippen molar-refractivity contribution in [1.29, 1.82) is 0 Å². The second-order valence-corrected chi connectivity index (χ2v) is 10.2. The summed E-state index contributed by atoms with van der Waals surface area (Å²) in [6, 6.07) is 11.7. The standard InChI is InChI=1S/C28H35ClF3N7O/c1-34-20-9-12-38(13-10-20)22-6-4-21(5-7-22)37-27(40)24(35-2)16-25-26(33)36-11-14-39(25)17-18-15-19(29)3-8-23(18)28(30,31)32/h3-8,15-16,20,34-36H,9-14,17,33H2,1-2H3,(H,37,40)/b24-16-. The number of allylic oxidation sites excluding steroid dienone is 1. The lowest BCUT2D eigenvalue weighted by Crippen LogP contribution is -2.41. The molecule has 0 bridgehead atoms. The molecule has 0 saturated carbocycles. The van der Waals surface area contributed by atoms with Gasteiger partial charge in [-0.15, -0.1) is 0 Å². The van der Waals surface area contributed by atoms with Gasteiger partial charge in [-0.3, -0.25) is 4.79 Å². The van der Waals surface area contributed by atoms with Crippen molar-refractivity contribution < 1.29 is 18.0 Å². The Hall–Kier alpha value is -3.57. The molecule has 0 unspecified atom stereocenters. The van der Waals surface area contributed by atoms with E-state index in [9.17, 15) is 18.0 Å². The minimum absolute atomic E-state index is 0.0198. The summed E-state index contributed by atoms with van der Waals surface area (Å²) in [5.41, 5.74) is 7.78. The normalized spacial score (nSPS) is 17.1. The van der Waals surface area contributed by atoms with Crippen LogP contribution < -0.4 is 31.9 Å². The molecule has 0 aromatic heterocycles. The number of carbonyl (C=O) groups is 1. The molecule has 2 aliphatic heterocycles. The van der Waals surface area contributed by atoms with Gasteiger partial charge in [0.2, 0.25) is 0 Å². The van der Waals surface area contributed by atoms with Crippen LogP contribution in [0.4, 0.5) is 24.5 Å². The molecule has 216 valence electrons. The smallest absolute Gasteiger partial charge is 0.384 e. The largest absolute Gasteiger partial charge is 0.416 e. The predicted molar refractivity (Wildman–Crippen MR) is 153 cm³/mol. The number of nitrogens with two attached hydrogens (primary N) is 1. The number of anilines is 2. The first-order chi connectivity index (χ1) is 19.1. The predicted octanol–water partition coefficient (Wildman–Crippen LogP) is 3.82. The van der Waals surface area contributed by atoms with Gasteiger partial charge in [0.1, 0.15) is 11.5 Å². The summed E-state index contributed by atoms with van der Waals surface area (Å²) in [4.78, 5) is 17.2. The van der Waals surface area contributed by atoms with Gasteiger partial charge >= 0.3 is 6.18 Å². The zero-order valence-electron chi connectivity index (χ0n) is 22.5. The zero-order chi connectivity index (χ0) is 28.9. The van der Waals surface area contributed by atoms with Gasteiger partial charge < -0.3 is 36.8 Å². The van der Waals surface area contributed by atoms with Crippen LogP contribution in [0.5, 0.6) is 0 Å². The van der Waals surface area contributed by atoms with Crippen LogP contribution in [0.25, 0.3) is 0 Å². The molecule has 0 aliphatic carbocycles. The molecule has 40 heavy (non-hydrogen) atoms. The van der Waals surface area contributed by atoms with Crippen LogP contribution >= 0.6 is 11.6 Å². The molecule has 1 saturated heterocycles. The molecule has 6 N–H and O–H groups in total. The molecule has 2 heterocycles. The SMILES string of the molecule is CN/C(=C\C1=C(N)NCCN1Cc1cc(Cl)ccc1C(F)(F)F)C(=O)Nc1ccc(N2CCC(NC)CC2)cc1. The van der Waals surface area contributed by atoms with Crippen LogP contribution in [-0.4, -0.2) is 57.1 Å². The maximum atomic E-state index is 13.7. The third kappa shape index (κ3) is 7.14. The van der Waals surface area contributed by atoms with Crippen molar-refractivity contribution >= 4 is 28.9 Å². The van der Waals surface area contributed by atoms with Gasteiger partial charge in [0.15, 0.2) is 0 Å². The molecule has 2 aromatic rings. The highest BCUT2D eigenvalue weighted by Gasteiger charge is 2.34. The Kier molecular flexibility index (Phi) is 9.36. The maximum Gasteiger partial charge on any atom is 0.416 e. The molecule has 0 spiro atoms. The van der Waals surface area contributed by atoms with E-state index in [-0.39, 0.29) is 28.6 Å². The van der Waals surface area contributed by atoms with E-state index in [1.54, 1.807) is 11.9 Å². The number of rotatable bonds is 8. The molecule has 12 heteroatoms. The third-order valence-electron chi connectivity index (χ3n) is 7.24. The first kappa shape index (κ1) is 29.4. The Morgan fingerprint density at radius 3 is 2.45 bits per heavy atom. The number of likely N-dealkylation sites (N-methyl/N-ethyl adjacent to an activating group) is 1. The van der Waals surface area contributed by atoms with Crippen LogP contribution in [0.2, 0.25) is 5.02 Å². The van der Waals surface area contributed by atoms with Gasteiger partial charge in [-0.25, -0.2) is 0 Å². The number of amides is 1. The second kappa shape index (κ2) is 12.7. The third-order valence-corrected chi connectivity index (χ3v) is 7.47. The Bertz CT molecular complexity index is 1260. The minimum Gasteiger partial charge on any atom is -0.384 e. The molecular formula is C28H35ClF3N7O. The molecule has 1 amide bonds. The monoisotopic (exact) mass is 577 g/mol. The molecule has 2 aromatic carbocycles. The van der Waals surface area contributed by atoms with E-state index in [1.807, 2.05) is 31.3 Å². The van der Waals surface area contributed by atoms with E-state index in [0.717, 1.165) is 37.7 Å². The summed E-state index contributed by atoms with van der Waals surface area (Å²) >= 11 is 6.03. The molecule has 4 rings (SSSR count). The highest BCUT2D eigenvalue weighted by Crippen LogP contribution is 2.34. The fourth-order valence-corrected chi connectivity index (χ4v) is 5.18. The first-order valence-corrected chi connectivity index (χ1v) is 13.5. The first-order valence-electron chi connectivity index (χ1n) is 13.2. The molecule has 8 nitrogen and oxygen atoms in total. The van der Waals surface area contributed by atoms with E-state index >= 15 is 0 Å². The van der Waals surface area contributed by atoms with Crippen LogP contribution in [0.3, 0.4) is 0 Å². The molecule has 0 atom stereocenters. The number of hydrogen-bond acceptors (Lipinski definition) is 7. The van der Waals surface area contributed by atoms with Gasteiger partial charge in [0, 0.05) is 62.2 Å². The minimum atomic E-state index is -4.53. The van der Waals surface area contributed by atoms with Gasteiger partial charge in [-0.2, -0.15) is 13.2 Å². The number of halogens is 4. The van der Waals surface area contributed by atoms with E-state index in [4.69, 9.17) is 17.3 Å². The lowest BCUT2D eigenvalue weighted by atomic mass is 10.0. The zero-order valence-corrected chi connectivity index (χ0v) is 23.3. The number of benzene rings is 2. The lowest BCUT2D eigenvalue weighted by molar-refractivity contribution is -0.138. The summed E-state index contributed by atoms with van der Waals surface area (Å²) in [5.74, 6) is -0.150. The summed E-state index contributed by atoms with van der Waals surface area (Å²) < 4.78 is 41.0. The highest BCUT2D eigenvalue weighted by atomic mass is 35.5. The molecule has 0 radical (unpaired) electrons. The van der Waals surface area contributed by atoms with Crippen LogP contribution in [0, 0.1) is 0 Å². The van der Waals surface area contributed by atoms with Crippen molar-refractivity contribution in [2.45, 2.75) is 31.6 Å². The van der Waals surface area contributed by atoms with Crippen molar-refractivity contribution in [2.75, 3.05) is 50.5 Å². The number of nitrogens with zero attached hydrogens (tertiary/aromatic N) is 2. The van der Waals surface area contributed by atoms with Crippen molar-refractivity contribution in [3.63, 3.8) is 0 Å². The Balaban J connectivity index is 1.49. The molecular weight excluding hydrogens is 543 g/mol. The second-order valence-electron chi connectivity index (χ2n) is 9.81. The van der Waals surface area contributed by atoms with Crippen LogP contribution in [0.1, 0.15) is 24.0 Å². The fraction of sp³-hybridized carbons (Fsp3) is 0.393. The quantitative estimate of drug-likeness (QED) is 0.304. The maximum absolute atomic E-state index is 13.7.